The Morgan fingerprint density at radius 1 is 1.55 bits per heavy atom. The molecule has 2 atom stereocenters. The first kappa shape index (κ1) is 15.4. The Labute approximate surface area is 122 Å². The third kappa shape index (κ3) is 3.38. The van der Waals surface area contributed by atoms with Crippen LogP contribution in [0.1, 0.15) is 41.5 Å². The van der Waals surface area contributed by atoms with Crippen molar-refractivity contribution < 1.29 is 19.5 Å². The van der Waals surface area contributed by atoms with Crippen molar-refractivity contribution in [2.45, 2.75) is 51.9 Å². The number of hydroxylamine groups is 1. The standard InChI is InChI=1S/C14H21NO4S/c1-9-8-11(10(2)20-9)14(3,17)13(16)15-19-12-6-4-5-7-18-12/h8,12,17H,4-7H2,1-3H3,(H,15,16). The molecule has 2 N–H and O–H groups in total. The molecule has 0 saturated carbocycles. The third-order valence-electron chi connectivity index (χ3n) is 3.43. The number of carbonyl (C=O) groups excluding carboxylic acids is 1. The van der Waals surface area contributed by atoms with Gasteiger partial charge >= 0.3 is 0 Å². The van der Waals surface area contributed by atoms with E-state index >= 15 is 0 Å². The Morgan fingerprint density at radius 3 is 2.85 bits per heavy atom. The molecule has 0 bridgehead atoms. The summed E-state index contributed by atoms with van der Waals surface area (Å²) >= 11 is 1.55. The van der Waals surface area contributed by atoms with Crippen molar-refractivity contribution in [3.8, 4) is 0 Å². The van der Waals surface area contributed by atoms with Gasteiger partial charge in [0, 0.05) is 28.3 Å². The first-order valence-corrected chi connectivity index (χ1v) is 7.60. The van der Waals surface area contributed by atoms with Crippen LogP contribution in [0.2, 0.25) is 0 Å². The molecule has 1 aliphatic rings. The number of nitrogens with one attached hydrogen (secondary N) is 1. The highest BCUT2D eigenvalue weighted by Gasteiger charge is 2.35. The van der Waals surface area contributed by atoms with Gasteiger partial charge in [-0.15, -0.1) is 11.3 Å². The monoisotopic (exact) mass is 299 g/mol. The van der Waals surface area contributed by atoms with Gasteiger partial charge in [-0.3, -0.25) is 4.79 Å². The van der Waals surface area contributed by atoms with Gasteiger partial charge in [0.25, 0.3) is 5.91 Å². The molecule has 1 aromatic heterocycles. The molecule has 1 fully saturated rings. The van der Waals surface area contributed by atoms with Crippen LogP contribution in [0.5, 0.6) is 0 Å². The second kappa shape index (κ2) is 6.22. The largest absolute Gasteiger partial charge is 0.375 e. The molecule has 1 saturated heterocycles. The molecule has 6 heteroatoms. The summed E-state index contributed by atoms with van der Waals surface area (Å²) in [6.07, 6.45) is 2.35. The molecule has 2 unspecified atom stereocenters. The smallest absolute Gasteiger partial charge is 0.279 e. The minimum Gasteiger partial charge on any atom is -0.375 e. The average Bonchev–Trinajstić information content (AvgIpc) is 2.77. The molecule has 112 valence electrons. The normalized spacial score (nSPS) is 22.3. The molecule has 0 spiro atoms. The second-order valence-electron chi connectivity index (χ2n) is 5.24. The SMILES string of the molecule is Cc1cc(C(C)(O)C(=O)NOC2CCCCO2)c(C)s1. The van der Waals surface area contributed by atoms with Gasteiger partial charge in [0.05, 0.1) is 0 Å². The molecule has 0 aliphatic carbocycles. The van der Waals surface area contributed by atoms with Crippen LogP contribution in [0.3, 0.4) is 0 Å². The minimum absolute atomic E-state index is 0.422. The van der Waals surface area contributed by atoms with Crippen LogP contribution in [-0.4, -0.2) is 23.9 Å². The number of ether oxygens (including phenoxy) is 1. The zero-order chi connectivity index (χ0) is 14.8. The van der Waals surface area contributed by atoms with Crippen molar-refractivity contribution >= 4 is 17.2 Å². The quantitative estimate of drug-likeness (QED) is 0.836. The molecular formula is C14H21NO4S. The summed E-state index contributed by atoms with van der Waals surface area (Å²) < 4.78 is 5.36. The Morgan fingerprint density at radius 2 is 2.30 bits per heavy atom. The van der Waals surface area contributed by atoms with E-state index in [1.54, 1.807) is 11.3 Å². The van der Waals surface area contributed by atoms with Crippen LogP contribution >= 0.6 is 11.3 Å². The Kier molecular flexibility index (Phi) is 4.80. The molecule has 1 amide bonds. The summed E-state index contributed by atoms with van der Waals surface area (Å²) in [5, 5.41) is 10.5. The van der Waals surface area contributed by atoms with Crippen LogP contribution in [0, 0.1) is 13.8 Å². The maximum Gasteiger partial charge on any atom is 0.279 e. The van der Waals surface area contributed by atoms with Crippen molar-refractivity contribution in [1.29, 1.82) is 0 Å². The lowest BCUT2D eigenvalue weighted by atomic mass is 9.96. The van der Waals surface area contributed by atoms with E-state index in [1.807, 2.05) is 19.9 Å². The summed E-state index contributed by atoms with van der Waals surface area (Å²) in [5.74, 6) is -0.576. The predicted molar refractivity (Wildman–Crippen MR) is 76.2 cm³/mol. The number of carbonyl (C=O) groups is 1. The number of aryl methyl sites for hydroxylation is 2. The van der Waals surface area contributed by atoms with Crippen LogP contribution in [0.15, 0.2) is 6.07 Å². The lowest BCUT2D eigenvalue weighted by Gasteiger charge is -2.26. The number of amides is 1. The molecule has 1 aliphatic heterocycles. The lowest BCUT2D eigenvalue weighted by molar-refractivity contribution is -0.207. The van der Waals surface area contributed by atoms with E-state index in [0.29, 0.717) is 12.2 Å². The Hall–Kier alpha value is -0.950. The molecule has 5 nitrogen and oxygen atoms in total. The first-order chi connectivity index (χ1) is 9.41. The molecule has 0 aromatic carbocycles. The number of rotatable bonds is 4. The van der Waals surface area contributed by atoms with Crippen molar-refractivity contribution in [3.63, 3.8) is 0 Å². The van der Waals surface area contributed by atoms with Gasteiger partial charge in [-0.05, 0) is 39.7 Å². The summed E-state index contributed by atoms with van der Waals surface area (Å²) in [5.41, 5.74) is 1.33. The van der Waals surface area contributed by atoms with Gasteiger partial charge in [0.2, 0.25) is 0 Å². The van der Waals surface area contributed by atoms with E-state index < -0.39 is 17.8 Å². The van der Waals surface area contributed by atoms with E-state index in [9.17, 15) is 9.90 Å². The number of thiophene rings is 1. The maximum atomic E-state index is 12.1. The predicted octanol–water partition coefficient (Wildman–Crippen LogP) is 2.15. The molecule has 2 rings (SSSR count). The summed E-state index contributed by atoms with van der Waals surface area (Å²) in [6.45, 7) is 5.95. The zero-order valence-electron chi connectivity index (χ0n) is 12.1. The van der Waals surface area contributed by atoms with Crippen LogP contribution in [0.4, 0.5) is 0 Å². The fourth-order valence-corrected chi connectivity index (χ4v) is 3.29. The second-order valence-corrected chi connectivity index (χ2v) is 6.70. The fourth-order valence-electron chi connectivity index (χ4n) is 2.26. The van der Waals surface area contributed by atoms with Crippen LogP contribution in [-0.2, 0) is 20.0 Å². The number of aliphatic hydroxyl groups is 1. The van der Waals surface area contributed by atoms with Crippen molar-refractivity contribution in [2.75, 3.05) is 6.61 Å². The summed E-state index contributed by atoms with van der Waals surface area (Å²) in [7, 11) is 0. The topological polar surface area (TPSA) is 67.8 Å². The van der Waals surface area contributed by atoms with E-state index in [0.717, 1.165) is 29.0 Å². The lowest BCUT2D eigenvalue weighted by Crippen LogP contribution is -2.44. The Balaban J connectivity index is 1.98. The van der Waals surface area contributed by atoms with Gasteiger partial charge in [0.15, 0.2) is 11.9 Å². The highest BCUT2D eigenvalue weighted by molar-refractivity contribution is 7.12. The highest BCUT2D eigenvalue weighted by Crippen LogP contribution is 2.30. The molecular weight excluding hydrogens is 278 g/mol. The molecule has 2 heterocycles. The van der Waals surface area contributed by atoms with Crippen LogP contribution in [0.25, 0.3) is 0 Å². The fraction of sp³-hybridized carbons (Fsp3) is 0.643. The maximum absolute atomic E-state index is 12.1. The zero-order valence-corrected chi connectivity index (χ0v) is 12.9. The molecule has 0 radical (unpaired) electrons. The van der Waals surface area contributed by atoms with E-state index in [2.05, 4.69) is 5.48 Å². The summed E-state index contributed by atoms with van der Waals surface area (Å²) in [4.78, 5) is 19.3. The minimum atomic E-state index is -1.61. The van der Waals surface area contributed by atoms with Crippen molar-refractivity contribution in [1.82, 2.24) is 5.48 Å². The van der Waals surface area contributed by atoms with E-state index in [4.69, 9.17) is 9.57 Å². The van der Waals surface area contributed by atoms with Gasteiger partial charge in [-0.1, -0.05) is 0 Å². The van der Waals surface area contributed by atoms with Gasteiger partial charge in [-0.25, -0.2) is 10.3 Å². The van der Waals surface area contributed by atoms with E-state index in [-0.39, 0.29) is 0 Å². The van der Waals surface area contributed by atoms with Gasteiger partial charge in [-0.2, -0.15) is 0 Å². The summed E-state index contributed by atoms with van der Waals surface area (Å²) in [6, 6.07) is 1.83. The molecule has 20 heavy (non-hydrogen) atoms. The van der Waals surface area contributed by atoms with Gasteiger partial charge in [0.1, 0.15) is 0 Å². The van der Waals surface area contributed by atoms with E-state index in [1.165, 1.54) is 6.92 Å². The van der Waals surface area contributed by atoms with Crippen molar-refractivity contribution in [3.05, 3.63) is 21.4 Å². The highest BCUT2D eigenvalue weighted by atomic mass is 32.1. The third-order valence-corrected chi connectivity index (χ3v) is 4.39. The number of hydrogen-bond donors (Lipinski definition) is 2. The first-order valence-electron chi connectivity index (χ1n) is 6.79. The Bertz CT molecular complexity index is 478. The van der Waals surface area contributed by atoms with Gasteiger partial charge < -0.3 is 9.84 Å². The molecule has 1 aromatic rings. The number of hydrogen-bond acceptors (Lipinski definition) is 5. The van der Waals surface area contributed by atoms with Crippen LogP contribution < -0.4 is 5.48 Å². The van der Waals surface area contributed by atoms with Crippen molar-refractivity contribution in [2.24, 2.45) is 0 Å². The average molecular weight is 299 g/mol.